The van der Waals surface area contributed by atoms with Crippen LogP contribution in [0.15, 0.2) is 47.4 Å². The van der Waals surface area contributed by atoms with E-state index in [9.17, 15) is 13.2 Å². The molecule has 1 aliphatic heterocycles. The van der Waals surface area contributed by atoms with E-state index in [1.54, 1.807) is 19.1 Å². The Labute approximate surface area is 167 Å². The number of carbonyl (C=O) groups excluding carboxylic acids is 1. The molecule has 2 aromatic rings. The van der Waals surface area contributed by atoms with Gasteiger partial charge in [0.05, 0.1) is 11.4 Å². The minimum atomic E-state index is -3.57. The number of aryl methyl sites for hydroxylation is 2. The molecule has 0 aromatic heterocycles. The molecule has 28 heavy (non-hydrogen) atoms. The van der Waals surface area contributed by atoms with Gasteiger partial charge in [0.1, 0.15) is 0 Å². The lowest BCUT2D eigenvalue weighted by molar-refractivity contribution is -0.115. The third kappa shape index (κ3) is 4.05. The predicted molar refractivity (Wildman–Crippen MR) is 112 cm³/mol. The summed E-state index contributed by atoms with van der Waals surface area (Å²) in [6.07, 6.45) is 2.01. The summed E-state index contributed by atoms with van der Waals surface area (Å²) in [6, 6.07) is 13.4. The summed E-state index contributed by atoms with van der Waals surface area (Å²) in [5, 5.41) is 2.86. The van der Waals surface area contributed by atoms with Crippen molar-refractivity contribution in [3.63, 3.8) is 0 Å². The number of hydrogen-bond acceptors (Lipinski definition) is 4. The molecular weight excluding hydrogens is 374 g/mol. The second-order valence-electron chi connectivity index (χ2n) is 7.46. The number of carbonyl (C=O) groups is 1. The minimum absolute atomic E-state index is 0.166. The number of amides is 1. The highest BCUT2D eigenvalue weighted by Gasteiger charge is 2.25. The number of nitrogens with one attached hydrogen (secondary N) is 1. The Morgan fingerprint density at radius 2 is 1.93 bits per heavy atom. The summed E-state index contributed by atoms with van der Waals surface area (Å²) in [5.74, 6) is -0.166. The Morgan fingerprint density at radius 3 is 2.64 bits per heavy atom. The number of sulfonamides is 1. The molecule has 1 amide bonds. The van der Waals surface area contributed by atoms with Crippen LogP contribution >= 0.6 is 0 Å². The van der Waals surface area contributed by atoms with Gasteiger partial charge in [-0.15, -0.1) is 0 Å². The Kier molecular flexibility index (Phi) is 5.76. The summed E-state index contributed by atoms with van der Waals surface area (Å²) >= 11 is 0. The molecule has 1 heterocycles. The van der Waals surface area contributed by atoms with Crippen LogP contribution in [0.25, 0.3) is 0 Å². The Morgan fingerprint density at radius 1 is 1.21 bits per heavy atom. The number of hydrogen-bond donors (Lipinski definition) is 1. The van der Waals surface area contributed by atoms with Crippen molar-refractivity contribution < 1.29 is 13.2 Å². The van der Waals surface area contributed by atoms with E-state index in [1.807, 2.05) is 18.2 Å². The van der Waals surface area contributed by atoms with Gasteiger partial charge >= 0.3 is 0 Å². The molecule has 7 heteroatoms. The molecule has 1 aliphatic rings. The first-order valence-electron chi connectivity index (χ1n) is 9.37. The van der Waals surface area contributed by atoms with Crippen molar-refractivity contribution in [2.24, 2.45) is 0 Å². The quantitative estimate of drug-likeness (QED) is 0.836. The molecule has 1 atom stereocenters. The van der Waals surface area contributed by atoms with Crippen molar-refractivity contribution >= 4 is 27.3 Å². The van der Waals surface area contributed by atoms with Crippen molar-refractivity contribution in [3.05, 3.63) is 53.6 Å². The van der Waals surface area contributed by atoms with Gasteiger partial charge in [-0.2, -0.15) is 0 Å². The summed E-state index contributed by atoms with van der Waals surface area (Å²) in [4.78, 5) is 15.0. The Balaban J connectivity index is 1.79. The van der Waals surface area contributed by atoms with E-state index in [0.29, 0.717) is 11.3 Å². The van der Waals surface area contributed by atoms with Gasteiger partial charge in [0.15, 0.2) is 0 Å². The highest BCUT2D eigenvalue weighted by atomic mass is 32.2. The van der Waals surface area contributed by atoms with Gasteiger partial charge in [-0.05, 0) is 56.0 Å². The van der Waals surface area contributed by atoms with E-state index in [0.717, 1.165) is 18.5 Å². The normalized spacial score (nSPS) is 16.8. The van der Waals surface area contributed by atoms with Crippen LogP contribution in [0.3, 0.4) is 0 Å². The molecule has 1 N–H and O–H groups in total. The molecule has 150 valence electrons. The van der Waals surface area contributed by atoms with E-state index in [2.05, 4.69) is 23.2 Å². The maximum absolute atomic E-state index is 12.7. The van der Waals surface area contributed by atoms with Gasteiger partial charge in [-0.25, -0.2) is 12.7 Å². The molecule has 6 nitrogen and oxygen atoms in total. The fourth-order valence-electron chi connectivity index (χ4n) is 3.51. The van der Waals surface area contributed by atoms with Crippen LogP contribution in [-0.4, -0.2) is 45.3 Å². The topological polar surface area (TPSA) is 69.7 Å². The maximum Gasteiger partial charge on any atom is 0.243 e. The molecule has 2 aromatic carbocycles. The summed E-state index contributed by atoms with van der Waals surface area (Å²) in [7, 11) is -0.580. The molecule has 0 saturated heterocycles. The second kappa shape index (κ2) is 7.93. The van der Waals surface area contributed by atoms with Gasteiger partial charge in [0.2, 0.25) is 15.9 Å². The highest BCUT2D eigenvalue weighted by molar-refractivity contribution is 7.89. The van der Waals surface area contributed by atoms with Gasteiger partial charge in [0.25, 0.3) is 0 Å². The number of benzene rings is 2. The summed E-state index contributed by atoms with van der Waals surface area (Å²) < 4.78 is 26.2. The molecule has 0 bridgehead atoms. The Hall–Kier alpha value is -2.38. The van der Waals surface area contributed by atoms with Gasteiger partial charge in [-0.1, -0.05) is 24.3 Å². The van der Waals surface area contributed by atoms with Crippen LogP contribution in [0.5, 0.6) is 0 Å². The molecule has 0 aliphatic carbocycles. The molecule has 0 saturated carbocycles. The zero-order chi connectivity index (χ0) is 20.5. The first-order valence-corrected chi connectivity index (χ1v) is 10.8. The Bertz CT molecular complexity index is 986. The smallest absolute Gasteiger partial charge is 0.243 e. The second-order valence-corrected chi connectivity index (χ2v) is 9.58. The van der Waals surface area contributed by atoms with E-state index in [4.69, 9.17) is 0 Å². The molecule has 0 radical (unpaired) electrons. The first-order chi connectivity index (χ1) is 13.2. The van der Waals surface area contributed by atoms with Crippen LogP contribution in [0, 0.1) is 6.92 Å². The zero-order valence-electron chi connectivity index (χ0n) is 16.8. The number of para-hydroxylation sites is 1. The largest absolute Gasteiger partial charge is 0.359 e. The van der Waals surface area contributed by atoms with Crippen molar-refractivity contribution in [3.8, 4) is 0 Å². The lowest BCUT2D eigenvalue weighted by atomic mass is 9.96. The molecular formula is C21H27N3O3S. The SMILES string of the molecule is Cc1ccc(NC(=O)CN2c3ccccc3CC[C@H]2C)cc1S(=O)(=O)N(C)C. The maximum atomic E-state index is 12.7. The number of anilines is 2. The highest BCUT2D eigenvalue weighted by Crippen LogP contribution is 2.30. The average Bonchev–Trinajstić information content (AvgIpc) is 2.65. The summed E-state index contributed by atoms with van der Waals surface area (Å²) in [5.41, 5.74) is 3.47. The van der Waals surface area contributed by atoms with Crippen LogP contribution in [-0.2, 0) is 21.2 Å². The fraction of sp³-hybridized carbons (Fsp3) is 0.381. The first kappa shape index (κ1) is 20.4. The van der Waals surface area contributed by atoms with Crippen LogP contribution in [0.4, 0.5) is 11.4 Å². The van der Waals surface area contributed by atoms with Crippen LogP contribution in [0.1, 0.15) is 24.5 Å². The minimum Gasteiger partial charge on any atom is -0.359 e. The third-order valence-electron chi connectivity index (χ3n) is 5.21. The monoisotopic (exact) mass is 401 g/mol. The average molecular weight is 402 g/mol. The lowest BCUT2D eigenvalue weighted by Gasteiger charge is -2.36. The predicted octanol–water partition coefficient (Wildman–Crippen LogP) is 3.03. The van der Waals surface area contributed by atoms with Gasteiger partial charge in [-0.3, -0.25) is 4.79 Å². The number of rotatable bonds is 5. The van der Waals surface area contributed by atoms with E-state index < -0.39 is 10.0 Å². The number of nitrogens with zero attached hydrogens (tertiary/aromatic N) is 2. The zero-order valence-corrected chi connectivity index (χ0v) is 17.6. The van der Waals surface area contributed by atoms with Crippen molar-refractivity contribution in [2.75, 3.05) is 30.9 Å². The standard InChI is InChI=1S/C21H27N3O3S/c1-15-9-12-18(13-20(15)28(26,27)23(3)4)22-21(25)14-24-16(2)10-11-17-7-5-6-8-19(17)24/h5-9,12-13,16H,10-11,14H2,1-4H3,(H,22,25)/t16-/m1/s1. The van der Waals surface area contributed by atoms with Crippen molar-refractivity contribution in [1.29, 1.82) is 0 Å². The van der Waals surface area contributed by atoms with Crippen molar-refractivity contribution in [2.45, 2.75) is 37.6 Å². The fourth-order valence-corrected chi connectivity index (χ4v) is 4.65. The molecule has 0 unspecified atom stereocenters. The van der Waals surface area contributed by atoms with E-state index >= 15 is 0 Å². The van der Waals surface area contributed by atoms with Crippen molar-refractivity contribution in [1.82, 2.24) is 4.31 Å². The number of fused-ring (bicyclic) bond motifs is 1. The summed E-state index contributed by atoms with van der Waals surface area (Å²) in [6.45, 7) is 4.09. The van der Waals surface area contributed by atoms with Crippen LogP contribution in [0.2, 0.25) is 0 Å². The molecule has 3 rings (SSSR count). The van der Waals surface area contributed by atoms with E-state index in [1.165, 1.54) is 30.0 Å². The molecule has 0 fully saturated rings. The van der Waals surface area contributed by atoms with Gasteiger partial charge < -0.3 is 10.2 Å². The lowest BCUT2D eigenvalue weighted by Crippen LogP contribution is -2.42. The van der Waals surface area contributed by atoms with E-state index in [-0.39, 0.29) is 23.4 Å². The third-order valence-corrected chi connectivity index (χ3v) is 7.17. The molecule has 0 spiro atoms. The van der Waals surface area contributed by atoms with Crippen LogP contribution < -0.4 is 10.2 Å². The van der Waals surface area contributed by atoms with Gasteiger partial charge in [0, 0.05) is 31.5 Å².